The Morgan fingerprint density at radius 2 is 1.19 bits per heavy atom. The average molecular weight is 614 g/mol. The summed E-state index contributed by atoms with van der Waals surface area (Å²) in [5.41, 5.74) is 3.96. The van der Waals surface area contributed by atoms with Crippen molar-refractivity contribution < 1.29 is 13.5 Å². The number of imidazole rings is 1. The van der Waals surface area contributed by atoms with Gasteiger partial charge in [0, 0.05) is 23.5 Å². The molecule has 0 radical (unpaired) electrons. The largest absolute Gasteiger partial charge is 0.421 e. The van der Waals surface area contributed by atoms with Crippen LogP contribution in [0.5, 0.6) is 0 Å². The summed E-state index contributed by atoms with van der Waals surface area (Å²) < 4.78 is 5.89. The predicted octanol–water partition coefficient (Wildman–Crippen LogP) is 6.04. The molecule has 3 aromatic rings. The highest BCUT2D eigenvalue weighted by Gasteiger charge is 2.16. The number of azo groups is 2. The number of likely N-dealkylation sites (N-methyl/N-ethyl adjacent to an activating group) is 2. The zero-order valence-electron chi connectivity index (χ0n) is 26.3. The highest BCUT2D eigenvalue weighted by Crippen LogP contribution is 2.23. The zero-order chi connectivity index (χ0) is 30.4. The monoisotopic (exact) mass is 613 g/mol. The Hall–Kier alpha value is -2.93. The number of nitrogens with zero attached hydrogens (tertiary/aromatic N) is 8. The minimum atomic E-state index is 0.805. The average Bonchev–Trinajstić information content (AvgIpc) is 3.27. The zero-order valence-corrected chi connectivity index (χ0v) is 28.0. The molecule has 3 rings (SSSR count). The Morgan fingerprint density at radius 1 is 0.714 bits per heavy atom. The van der Waals surface area contributed by atoms with Crippen molar-refractivity contribution >= 4 is 50.3 Å². The van der Waals surface area contributed by atoms with Gasteiger partial charge in [0.25, 0.3) is 0 Å². The fourth-order valence-corrected chi connectivity index (χ4v) is 6.68. The molecule has 2 N–H and O–H groups in total. The van der Waals surface area contributed by atoms with E-state index in [1.807, 2.05) is 81.5 Å². The molecule has 0 unspecified atom stereocenters. The van der Waals surface area contributed by atoms with E-state index in [9.17, 15) is 0 Å². The topological polar surface area (TPSA) is 82.3 Å². The third-order valence-electron chi connectivity index (χ3n) is 7.09. The molecule has 0 atom stereocenters. The Morgan fingerprint density at radius 3 is 1.62 bits per heavy atom. The molecular weight excluding hydrogens is 565 g/mol. The second-order valence-corrected chi connectivity index (χ2v) is 14.4. The Balaban J connectivity index is 1.25. The Bertz CT molecular complexity index is 1250. The van der Waals surface area contributed by atoms with Crippen LogP contribution in [0.25, 0.3) is 0 Å². The van der Waals surface area contributed by atoms with Crippen LogP contribution >= 0.6 is 21.6 Å². The second-order valence-electron chi connectivity index (χ2n) is 11.7. The number of benzene rings is 2. The third kappa shape index (κ3) is 12.1. The number of rotatable bonds is 18. The van der Waals surface area contributed by atoms with Gasteiger partial charge in [-0.1, -0.05) is 26.7 Å². The molecule has 42 heavy (non-hydrogen) atoms. The molecular formula is C30H49N10S2+3. The lowest BCUT2D eigenvalue weighted by molar-refractivity contribution is -0.886. The van der Waals surface area contributed by atoms with E-state index in [2.05, 4.69) is 83.5 Å². The number of hydrogen-bond donors (Lipinski definition) is 2. The lowest BCUT2D eigenvalue weighted by atomic mass is 10.3. The highest BCUT2D eigenvalue weighted by molar-refractivity contribution is 8.76. The van der Waals surface area contributed by atoms with Gasteiger partial charge in [0.1, 0.15) is 5.69 Å². The molecule has 0 aliphatic heterocycles. The number of aromatic nitrogens is 2. The SMILES string of the molecule is C/N=N/c1ccc(NCC[N+](C)(C)CCSSCC[N+](C)(C)CCNc2ccc(/N=N/c3n(C)cc[n+]3C)cc2)cc1. The van der Waals surface area contributed by atoms with Crippen LogP contribution in [0.3, 0.4) is 0 Å². The molecule has 0 bridgehead atoms. The molecule has 1 aromatic heterocycles. The van der Waals surface area contributed by atoms with Gasteiger partial charge >= 0.3 is 5.95 Å². The second kappa shape index (κ2) is 16.6. The Kier molecular flexibility index (Phi) is 13.3. The van der Waals surface area contributed by atoms with Gasteiger partial charge in [-0.25, -0.2) is 9.13 Å². The van der Waals surface area contributed by atoms with E-state index in [4.69, 9.17) is 0 Å². The minimum absolute atomic E-state index is 0.805. The number of hydrogen-bond acceptors (Lipinski definition) is 8. The van der Waals surface area contributed by atoms with Gasteiger partial charge in [0.2, 0.25) is 0 Å². The summed E-state index contributed by atoms with van der Waals surface area (Å²) in [4.78, 5) is 0. The first-order valence-electron chi connectivity index (χ1n) is 14.4. The maximum atomic E-state index is 4.37. The first-order chi connectivity index (χ1) is 20.1. The van der Waals surface area contributed by atoms with Crippen molar-refractivity contribution in [1.82, 2.24) is 4.57 Å². The molecule has 0 spiro atoms. The van der Waals surface area contributed by atoms with E-state index in [1.54, 1.807) is 7.05 Å². The highest BCUT2D eigenvalue weighted by atomic mass is 33.1. The van der Waals surface area contributed by atoms with Gasteiger partial charge in [0.05, 0.1) is 111 Å². The van der Waals surface area contributed by atoms with Gasteiger partial charge in [-0.05, 0) is 48.5 Å². The number of nitrogens with one attached hydrogen (secondary N) is 2. The van der Waals surface area contributed by atoms with E-state index in [0.29, 0.717) is 0 Å². The van der Waals surface area contributed by atoms with Crippen molar-refractivity contribution in [2.24, 2.45) is 34.6 Å². The quantitative estimate of drug-likeness (QED) is 0.0603. The van der Waals surface area contributed by atoms with Crippen molar-refractivity contribution in [3.05, 3.63) is 60.9 Å². The molecule has 2 aromatic carbocycles. The van der Waals surface area contributed by atoms with Crippen molar-refractivity contribution in [1.29, 1.82) is 0 Å². The van der Waals surface area contributed by atoms with Crippen molar-refractivity contribution in [3.63, 3.8) is 0 Å². The van der Waals surface area contributed by atoms with Crippen LogP contribution in [-0.4, -0.2) is 99.5 Å². The summed E-state index contributed by atoms with van der Waals surface area (Å²) in [7, 11) is 18.9. The first-order valence-corrected chi connectivity index (χ1v) is 16.8. The third-order valence-corrected chi connectivity index (χ3v) is 9.45. The van der Waals surface area contributed by atoms with Gasteiger partial charge in [-0.2, -0.15) is 10.2 Å². The van der Waals surface area contributed by atoms with Crippen LogP contribution in [0, 0.1) is 0 Å². The van der Waals surface area contributed by atoms with Crippen LogP contribution < -0.4 is 15.2 Å². The summed E-state index contributed by atoms with van der Waals surface area (Å²) in [6.07, 6.45) is 3.93. The fraction of sp³-hybridized carbons (Fsp3) is 0.500. The van der Waals surface area contributed by atoms with Crippen LogP contribution in [0.2, 0.25) is 0 Å². The fourth-order valence-electron chi connectivity index (χ4n) is 4.15. The van der Waals surface area contributed by atoms with Gasteiger partial charge < -0.3 is 19.6 Å². The van der Waals surface area contributed by atoms with Gasteiger partial charge in [-0.15, -0.1) is 0 Å². The van der Waals surface area contributed by atoms with E-state index in [-0.39, 0.29) is 0 Å². The van der Waals surface area contributed by atoms with Crippen molar-refractivity contribution in [3.8, 4) is 0 Å². The number of aryl methyl sites for hydroxylation is 2. The van der Waals surface area contributed by atoms with Crippen LogP contribution in [0.1, 0.15) is 0 Å². The van der Waals surface area contributed by atoms with Gasteiger partial charge in [-0.3, -0.25) is 0 Å². The lowest BCUT2D eigenvalue weighted by Crippen LogP contribution is -2.45. The van der Waals surface area contributed by atoms with E-state index >= 15 is 0 Å². The van der Waals surface area contributed by atoms with Gasteiger partial charge in [0.15, 0.2) is 0 Å². The predicted molar refractivity (Wildman–Crippen MR) is 180 cm³/mol. The minimum Gasteiger partial charge on any atom is -0.379 e. The van der Waals surface area contributed by atoms with Crippen molar-refractivity contribution in [2.75, 3.05) is 96.6 Å². The summed E-state index contributed by atoms with van der Waals surface area (Å²) in [6.45, 7) is 6.33. The summed E-state index contributed by atoms with van der Waals surface area (Å²) in [6, 6.07) is 16.2. The molecule has 0 amide bonds. The number of anilines is 2. The summed E-state index contributed by atoms with van der Waals surface area (Å²) in [5, 5.41) is 23.7. The van der Waals surface area contributed by atoms with E-state index in [0.717, 1.165) is 88.4 Å². The Labute approximate surface area is 259 Å². The molecule has 1 heterocycles. The molecule has 228 valence electrons. The molecule has 0 aliphatic carbocycles. The molecule has 12 heteroatoms. The molecule has 0 fully saturated rings. The van der Waals surface area contributed by atoms with Crippen LogP contribution in [0.4, 0.5) is 28.7 Å². The van der Waals surface area contributed by atoms with E-state index in [1.165, 1.54) is 0 Å². The summed E-state index contributed by atoms with van der Waals surface area (Å²) >= 11 is 0. The first kappa shape index (κ1) is 33.6. The lowest BCUT2D eigenvalue weighted by Gasteiger charge is -2.30. The smallest absolute Gasteiger partial charge is 0.379 e. The normalized spacial score (nSPS) is 12.5. The van der Waals surface area contributed by atoms with Crippen LogP contribution in [-0.2, 0) is 14.1 Å². The number of quaternary nitrogens is 2. The molecule has 0 saturated heterocycles. The maximum absolute atomic E-state index is 4.37. The molecule has 0 aliphatic rings. The summed E-state index contributed by atoms with van der Waals surface area (Å²) in [5.74, 6) is 3.11. The standard InChI is InChI=1S/C30H48N10S2/c1-31-34-28-12-8-26(9-13-28)32-16-20-39(4,5)22-24-41-42-25-23-40(6,7)21-17-33-27-10-14-29(15-11-27)35-36-30-37(2)18-19-38(30)3/h8-15,18-19H,16-17,20-25H2,1-7H3,(H,31,32)/q+2/p+1. The van der Waals surface area contributed by atoms with Crippen LogP contribution in [0.15, 0.2) is 81.4 Å². The van der Waals surface area contributed by atoms with E-state index < -0.39 is 0 Å². The molecule has 10 nitrogen and oxygen atoms in total. The maximum Gasteiger partial charge on any atom is 0.421 e. The molecule has 0 saturated carbocycles. The van der Waals surface area contributed by atoms with Crippen molar-refractivity contribution in [2.45, 2.75) is 0 Å².